The van der Waals surface area contributed by atoms with Crippen molar-refractivity contribution in [2.75, 3.05) is 0 Å². The highest BCUT2D eigenvalue weighted by atomic mass is 35.5. The third-order valence-corrected chi connectivity index (χ3v) is 4.87. The average Bonchev–Trinajstić information content (AvgIpc) is 2.69. The van der Waals surface area contributed by atoms with Crippen molar-refractivity contribution in [3.63, 3.8) is 0 Å². The summed E-state index contributed by atoms with van der Waals surface area (Å²) >= 11 is 6.17. The van der Waals surface area contributed by atoms with Gasteiger partial charge in [0, 0.05) is 10.7 Å². The molecule has 3 heteroatoms. The maximum absolute atomic E-state index is 9.19. The fourth-order valence-corrected chi connectivity index (χ4v) is 3.24. The number of benzene rings is 3. The van der Waals surface area contributed by atoms with Gasteiger partial charge in [-0.25, -0.2) is 0 Å². The van der Waals surface area contributed by atoms with Gasteiger partial charge in [-0.1, -0.05) is 72.3 Å². The Hall–Kier alpha value is -2.97. The van der Waals surface area contributed by atoms with Crippen LogP contribution in [-0.4, -0.2) is 5.11 Å². The fourth-order valence-electron chi connectivity index (χ4n) is 3.01. The normalized spacial score (nSPS) is 10.0. The number of aryl methyl sites for hydroxylation is 3. The van der Waals surface area contributed by atoms with Crippen LogP contribution in [0.4, 0.5) is 0 Å². The summed E-state index contributed by atoms with van der Waals surface area (Å²) in [6.45, 7) is 9.46. The molecule has 0 saturated heterocycles. The van der Waals surface area contributed by atoms with E-state index in [0.29, 0.717) is 11.4 Å². The SMILES string of the molecule is C=C(N)c1cc(C)cc(CCc2ccccc2Cl)c1.C=CCc1ccccc1O. The third kappa shape index (κ3) is 7.17. The minimum atomic E-state index is 0.349. The lowest BCUT2D eigenvalue weighted by atomic mass is 9.99. The van der Waals surface area contributed by atoms with Gasteiger partial charge in [0.15, 0.2) is 0 Å². The van der Waals surface area contributed by atoms with E-state index in [2.05, 4.69) is 44.3 Å². The van der Waals surface area contributed by atoms with Crippen molar-refractivity contribution in [1.82, 2.24) is 0 Å². The third-order valence-electron chi connectivity index (χ3n) is 4.50. The van der Waals surface area contributed by atoms with Gasteiger partial charge in [-0.3, -0.25) is 0 Å². The van der Waals surface area contributed by atoms with Crippen LogP contribution in [0, 0.1) is 6.92 Å². The molecule has 0 aliphatic rings. The number of halogens is 1. The molecular formula is C26H28ClNO. The quantitative estimate of drug-likeness (QED) is 0.461. The molecular weight excluding hydrogens is 378 g/mol. The number of nitrogens with two attached hydrogens (primary N) is 1. The lowest BCUT2D eigenvalue weighted by Gasteiger charge is -2.08. The Kier molecular flexibility index (Phi) is 8.57. The van der Waals surface area contributed by atoms with Crippen LogP contribution >= 0.6 is 11.6 Å². The maximum Gasteiger partial charge on any atom is 0.119 e. The van der Waals surface area contributed by atoms with Crippen molar-refractivity contribution in [3.05, 3.63) is 119 Å². The van der Waals surface area contributed by atoms with Gasteiger partial charge >= 0.3 is 0 Å². The first-order chi connectivity index (χ1) is 13.9. The lowest BCUT2D eigenvalue weighted by molar-refractivity contribution is 0.470. The van der Waals surface area contributed by atoms with Gasteiger partial charge in [0.25, 0.3) is 0 Å². The van der Waals surface area contributed by atoms with E-state index < -0.39 is 0 Å². The number of para-hydroxylation sites is 1. The van der Waals surface area contributed by atoms with Crippen molar-refractivity contribution < 1.29 is 5.11 Å². The second-order valence-electron chi connectivity index (χ2n) is 6.95. The van der Waals surface area contributed by atoms with Crippen LogP contribution in [0.2, 0.25) is 5.02 Å². The molecule has 3 aromatic rings. The number of aromatic hydroxyl groups is 1. The topological polar surface area (TPSA) is 46.2 Å². The molecule has 0 radical (unpaired) electrons. The Morgan fingerprint density at radius 3 is 2.28 bits per heavy atom. The zero-order chi connectivity index (χ0) is 21.2. The van der Waals surface area contributed by atoms with Crippen LogP contribution in [-0.2, 0) is 19.3 Å². The van der Waals surface area contributed by atoms with Gasteiger partial charge in [0.2, 0.25) is 0 Å². The lowest BCUT2D eigenvalue weighted by Crippen LogP contribution is -1.98. The molecule has 0 saturated carbocycles. The summed E-state index contributed by atoms with van der Waals surface area (Å²) in [6.07, 6.45) is 4.38. The van der Waals surface area contributed by atoms with E-state index in [1.807, 2.05) is 36.4 Å². The molecule has 150 valence electrons. The number of phenols is 1. The van der Waals surface area contributed by atoms with Gasteiger partial charge in [-0.05, 0) is 72.7 Å². The number of hydrogen-bond acceptors (Lipinski definition) is 2. The fraction of sp³-hybridized carbons (Fsp3) is 0.154. The van der Waals surface area contributed by atoms with E-state index in [9.17, 15) is 5.11 Å². The van der Waals surface area contributed by atoms with Crippen molar-refractivity contribution in [1.29, 1.82) is 0 Å². The molecule has 0 aliphatic carbocycles. The van der Waals surface area contributed by atoms with Crippen LogP contribution in [0.1, 0.15) is 27.8 Å². The average molecular weight is 406 g/mol. The molecule has 29 heavy (non-hydrogen) atoms. The Bertz CT molecular complexity index is 978. The smallest absolute Gasteiger partial charge is 0.119 e. The molecule has 0 atom stereocenters. The van der Waals surface area contributed by atoms with E-state index in [0.717, 1.165) is 35.4 Å². The molecule has 0 fully saturated rings. The highest BCUT2D eigenvalue weighted by Crippen LogP contribution is 2.19. The van der Waals surface area contributed by atoms with Gasteiger partial charge in [0.05, 0.1) is 0 Å². The number of allylic oxidation sites excluding steroid dienone is 1. The Labute approximate surface area is 179 Å². The molecule has 0 amide bonds. The van der Waals surface area contributed by atoms with Crippen LogP contribution < -0.4 is 5.73 Å². The highest BCUT2D eigenvalue weighted by molar-refractivity contribution is 6.31. The second kappa shape index (κ2) is 11.1. The Morgan fingerprint density at radius 1 is 1.00 bits per heavy atom. The summed E-state index contributed by atoms with van der Waals surface area (Å²) in [5.74, 6) is 0.349. The maximum atomic E-state index is 9.19. The summed E-state index contributed by atoms with van der Waals surface area (Å²) in [6, 6.07) is 21.6. The highest BCUT2D eigenvalue weighted by Gasteiger charge is 2.03. The second-order valence-corrected chi connectivity index (χ2v) is 7.35. The zero-order valence-corrected chi connectivity index (χ0v) is 17.6. The Morgan fingerprint density at radius 2 is 1.66 bits per heavy atom. The largest absolute Gasteiger partial charge is 0.508 e. The summed E-state index contributed by atoms with van der Waals surface area (Å²) in [5, 5.41) is 10.0. The van der Waals surface area contributed by atoms with Crippen molar-refractivity contribution in [3.8, 4) is 5.75 Å². The first-order valence-electron chi connectivity index (χ1n) is 9.57. The van der Waals surface area contributed by atoms with Gasteiger partial charge < -0.3 is 10.8 Å². The van der Waals surface area contributed by atoms with Crippen molar-refractivity contribution >= 4 is 17.3 Å². The zero-order valence-electron chi connectivity index (χ0n) is 16.9. The number of rotatable bonds is 6. The van der Waals surface area contributed by atoms with Crippen LogP contribution in [0.3, 0.4) is 0 Å². The van der Waals surface area contributed by atoms with E-state index in [1.54, 1.807) is 12.1 Å². The number of phenolic OH excluding ortho intramolecular Hbond substituents is 1. The van der Waals surface area contributed by atoms with Gasteiger partial charge in [-0.2, -0.15) is 0 Å². The molecule has 3 N–H and O–H groups in total. The molecule has 2 nitrogen and oxygen atoms in total. The molecule has 0 aliphatic heterocycles. The summed E-state index contributed by atoms with van der Waals surface area (Å²) in [7, 11) is 0. The van der Waals surface area contributed by atoms with Gasteiger partial charge in [-0.15, -0.1) is 6.58 Å². The standard InChI is InChI=1S/C17H18ClN.C9H10O/c1-12-9-14(11-16(10-12)13(2)19)7-8-15-5-3-4-6-17(15)18;1-2-5-8-6-3-4-7-9(8)10/h3-6,9-11H,2,7-8,19H2,1H3;2-4,6-7,10H,1,5H2. The van der Waals surface area contributed by atoms with E-state index >= 15 is 0 Å². The minimum absolute atomic E-state index is 0.349. The van der Waals surface area contributed by atoms with E-state index in [-0.39, 0.29) is 0 Å². The summed E-state index contributed by atoms with van der Waals surface area (Å²) < 4.78 is 0. The minimum Gasteiger partial charge on any atom is -0.508 e. The molecule has 0 bridgehead atoms. The van der Waals surface area contributed by atoms with Crippen LogP contribution in [0.25, 0.3) is 5.70 Å². The summed E-state index contributed by atoms with van der Waals surface area (Å²) in [5.41, 5.74) is 12.0. The predicted molar refractivity (Wildman–Crippen MR) is 125 cm³/mol. The van der Waals surface area contributed by atoms with Crippen molar-refractivity contribution in [2.45, 2.75) is 26.2 Å². The number of hydrogen-bond donors (Lipinski definition) is 2. The molecule has 3 rings (SSSR count). The molecule has 0 unspecified atom stereocenters. The van der Waals surface area contributed by atoms with E-state index in [1.165, 1.54) is 16.7 Å². The first kappa shape index (κ1) is 22.3. The van der Waals surface area contributed by atoms with Crippen LogP contribution in [0.5, 0.6) is 5.75 Å². The summed E-state index contributed by atoms with van der Waals surface area (Å²) in [4.78, 5) is 0. The van der Waals surface area contributed by atoms with Gasteiger partial charge in [0.1, 0.15) is 5.75 Å². The predicted octanol–water partition coefficient (Wildman–Crippen LogP) is 6.48. The molecule has 0 heterocycles. The molecule has 3 aromatic carbocycles. The monoisotopic (exact) mass is 405 g/mol. The van der Waals surface area contributed by atoms with Crippen molar-refractivity contribution in [2.24, 2.45) is 5.73 Å². The van der Waals surface area contributed by atoms with E-state index in [4.69, 9.17) is 17.3 Å². The van der Waals surface area contributed by atoms with Crippen LogP contribution in [0.15, 0.2) is 86.0 Å². The first-order valence-corrected chi connectivity index (χ1v) is 9.95. The molecule has 0 aromatic heterocycles. The molecule has 0 spiro atoms. The Balaban J connectivity index is 0.000000253.